The van der Waals surface area contributed by atoms with Crippen LogP contribution in [0.4, 0.5) is 0 Å². The summed E-state index contributed by atoms with van der Waals surface area (Å²) >= 11 is 0. The standard InChI is InChI=1S/C20H16N6O/c1-13-11-15(27-20-17-5-6-24-26(17)10-8-22-20)3-4-16(13)19-14(2)23-12-18-21-7-9-25(18)19/h3-12H,1-2H3. The van der Waals surface area contributed by atoms with E-state index in [1.165, 1.54) is 0 Å². The van der Waals surface area contributed by atoms with Crippen LogP contribution in [0.25, 0.3) is 22.4 Å². The van der Waals surface area contributed by atoms with Crippen molar-refractivity contribution in [3.63, 3.8) is 0 Å². The molecule has 0 radical (unpaired) electrons. The van der Waals surface area contributed by atoms with Crippen LogP contribution in [-0.4, -0.2) is 29.0 Å². The highest BCUT2D eigenvalue weighted by Gasteiger charge is 2.13. The predicted molar refractivity (Wildman–Crippen MR) is 101 cm³/mol. The van der Waals surface area contributed by atoms with E-state index >= 15 is 0 Å². The lowest BCUT2D eigenvalue weighted by atomic mass is 10.0. The number of benzene rings is 1. The number of nitrogens with zero attached hydrogens (tertiary/aromatic N) is 6. The van der Waals surface area contributed by atoms with E-state index in [2.05, 4.69) is 31.4 Å². The first kappa shape index (κ1) is 15.5. The Bertz CT molecular complexity index is 1290. The molecule has 0 aliphatic heterocycles. The van der Waals surface area contributed by atoms with Gasteiger partial charge in [0.15, 0.2) is 5.65 Å². The molecule has 4 heterocycles. The van der Waals surface area contributed by atoms with Crippen molar-refractivity contribution in [2.75, 3.05) is 0 Å². The Balaban J connectivity index is 1.57. The average molecular weight is 356 g/mol. The maximum absolute atomic E-state index is 6.02. The minimum absolute atomic E-state index is 0.525. The molecule has 27 heavy (non-hydrogen) atoms. The average Bonchev–Trinajstić information content (AvgIpc) is 3.32. The van der Waals surface area contributed by atoms with Crippen LogP contribution in [0.1, 0.15) is 11.3 Å². The second-order valence-corrected chi connectivity index (χ2v) is 6.32. The second kappa shape index (κ2) is 5.91. The fourth-order valence-corrected chi connectivity index (χ4v) is 3.30. The Morgan fingerprint density at radius 1 is 0.926 bits per heavy atom. The number of hydrogen-bond acceptors (Lipinski definition) is 5. The number of aryl methyl sites for hydroxylation is 2. The number of ether oxygens (including phenoxy) is 1. The smallest absolute Gasteiger partial charge is 0.245 e. The zero-order valence-corrected chi connectivity index (χ0v) is 14.9. The molecule has 0 unspecified atom stereocenters. The van der Waals surface area contributed by atoms with E-state index in [0.29, 0.717) is 5.88 Å². The molecule has 0 aliphatic rings. The summed E-state index contributed by atoms with van der Waals surface area (Å²) < 4.78 is 9.81. The van der Waals surface area contributed by atoms with Gasteiger partial charge in [0.05, 0.1) is 23.8 Å². The molecule has 0 fully saturated rings. The number of imidazole rings is 1. The minimum Gasteiger partial charge on any atom is -0.437 e. The van der Waals surface area contributed by atoms with Gasteiger partial charge in [0.2, 0.25) is 5.88 Å². The van der Waals surface area contributed by atoms with Gasteiger partial charge in [-0.25, -0.2) is 14.5 Å². The van der Waals surface area contributed by atoms with Gasteiger partial charge >= 0.3 is 0 Å². The van der Waals surface area contributed by atoms with Gasteiger partial charge in [-0.1, -0.05) is 0 Å². The topological polar surface area (TPSA) is 69.6 Å². The lowest BCUT2D eigenvalue weighted by Crippen LogP contribution is -1.99. The van der Waals surface area contributed by atoms with Crippen LogP contribution in [0.15, 0.2) is 61.4 Å². The molecule has 0 bridgehead atoms. The molecule has 0 amide bonds. The summed E-state index contributed by atoms with van der Waals surface area (Å²) in [5.41, 5.74) is 5.80. The van der Waals surface area contributed by atoms with E-state index in [9.17, 15) is 0 Å². The number of hydrogen-bond donors (Lipinski definition) is 0. The third kappa shape index (κ3) is 2.52. The van der Waals surface area contributed by atoms with E-state index in [4.69, 9.17) is 4.74 Å². The number of aromatic nitrogens is 6. The molecule has 0 spiro atoms. The van der Waals surface area contributed by atoms with Crippen LogP contribution in [0.3, 0.4) is 0 Å². The zero-order valence-electron chi connectivity index (χ0n) is 14.9. The zero-order chi connectivity index (χ0) is 18.4. The Kier molecular flexibility index (Phi) is 3.39. The lowest BCUT2D eigenvalue weighted by molar-refractivity contribution is 0.465. The maximum Gasteiger partial charge on any atom is 0.245 e. The Labute approximate surface area is 154 Å². The summed E-state index contributed by atoms with van der Waals surface area (Å²) in [5, 5.41) is 4.21. The van der Waals surface area contributed by atoms with Gasteiger partial charge in [-0.3, -0.25) is 9.38 Å². The van der Waals surface area contributed by atoms with Crippen LogP contribution in [0.2, 0.25) is 0 Å². The van der Waals surface area contributed by atoms with Crippen molar-refractivity contribution in [1.29, 1.82) is 0 Å². The van der Waals surface area contributed by atoms with E-state index < -0.39 is 0 Å². The number of rotatable bonds is 3. The molecule has 7 nitrogen and oxygen atoms in total. The fourth-order valence-electron chi connectivity index (χ4n) is 3.30. The molecule has 0 atom stereocenters. The van der Waals surface area contributed by atoms with Gasteiger partial charge in [0, 0.05) is 30.4 Å². The molecule has 5 aromatic rings. The van der Waals surface area contributed by atoms with Crippen molar-refractivity contribution >= 4 is 11.2 Å². The van der Waals surface area contributed by atoms with E-state index in [0.717, 1.165) is 39.4 Å². The van der Waals surface area contributed by atoms with Crippen LogP contribution >= 0.6 is 0 Å². The Hall–Kier alpha value is -3.74. The summed E-state index contributed by atoms with van der Waals surface area (Å²) in [6.07, 6.45) is 10.7. The molecule has 0 saturated heterocycles. The summed E-state index contributed by atoms with van der Waals surface area (Å²) in [5.74, 6) is 1.25. The van der Waals surface area contributed by atoms with E-state index in [1.54, 1.807) is 35.5 Å². The first-order valence-corrected chi connectivity index (χ1v) is 8.56. The quantitative estimate of drug-likeness (QED) is 0.491. The Morgan fingerprint density at radius 2 is 1.81 bits per heavy atom. The molecule has 4 aromatic heterocycles. The molecule has 1 aromatic carbocycles. The van der Waals surface area contributed by atoms with Crippen molar-refractivity contribution < 1.29 is 4.74 Å². The number of fused-ring (bicyclic) bond motifs is 2. The van der Waals surface area contributed by atoms with Crippen LogP contribution < -0.4 is 4.74 Å². The lowest BCUT2D eigenvalue weighted by Gasteiger charge is -2.13. The van der Waals surface area contributed by atoms with Gasteiger partial charge in [0.25, 0.3) is 0 Å². The van der Waals surface area contributed by atoms with Gasteiger partial charge in [-0.2, -0.15) is 5.10 Å². The monoisotopic (exact) mass is 356 g/mol. The summed E-state index contributed by atoms with van der Waals surface area (Å²) in [7, 11) is 0. The van der Waals surface area contributed by atoms with Crippen LogP contribution in [0, 0.1) is 13.8 Å². The van der Waals surface area contributed by atoms with Gasteiger partial charge < -0.3 is 4.74 Å². The highest BCUT2D eigenvalue weighted by molar-refractivity contribution is 5.69. The minimum atomic E-state index is 0.525. The molecular formula is C20H16N6O. The van der Waals surface area contributed by atoms with Gasteiger partial charge in [0.1, 0.15) is 11.3 Å². The summed E-state index contributed by atoms with van der Waals surface area (Å²) in [4.78, 5) is 13.1. The largest absolute Gasteiger partial charge is 0.437 e. The first-order valence-electron chi connectivity index (χ1n) is 8.56. The van der Waals surface area contributed by atoms with Crippen molar-refractivity contribution in [1.82, 2.24) is 29.0 Å². The molecule has 0 saturated carbocycles. The molecule has 0 aliphatic carbocycles. The fraction of sp³-hybridized carbons (Fsp3) is 0.100. The van der Waals surface area contributed by atoms with Crippen LogP contribution in [0.5, 0.6) is 11.6 Å². The van der Waals surface area contributed by atoms with Crippen molar-refractivity contribution in [2.24, 2.45) is 0 Å². The highest BCUT2D eigenvalue weighted by Crippen LogP contribution is 2.31. The normalized spacial score (nSPS) is 11.3. The second-order valence-electron chi connectivity index (χ2n) is 6.32. The molecule has 5 rings (SSSR count). The van der Waals surface area contributed by atoms with Gasteiger partial charge in [-0.05, 0) is 43.7 Å². The van der Waals surface area contributed by atoms with E-state index in [1.807, 2.05) is 37.4 Å². The molecule has 132 valence electrons. The predicted octanol–water partition coefficient (Wildman–Crippen LogP) is 3.85. The molecule has 7 heteroatoms. The van der Waals surface area contributed by atoms with E-state index in [-0.39, 0.29) is 0 Å². The summed E-state index contributed by atoms with van der Waals surface area (Å²) in [6.45, 7) is 4.06. The van der Waals surface area contributed by atoms with Crippen molar-refractivity contribution in [3.8, 4) is 22.9 Å². The third-order valence-electron chi connectivity index (χ3n) is 4.58. The summed E-state index contributed by atoms with van der Waals surface area (Å²) in [6, 6.07) is 7.87. The third-order valence-corrected chi connectivity index (χ3v) is 4.58. The van der Waals surface area contributed by atoms with Crippen LogP contribution in [-0.2, 0) is 0 Å². The highest BCUT2D eigenvalue weighted by atomic mass is 16.5. The molecule has 0 N–H and O–H groups in total. The van der Waals surface area contributed by atoms with Crippen molar-refractivity contribution in [3.05, 3.63) is 72.7 Å². The maximum atomic E-state index is 6.02. The first-order chi connectivity index (χ1) is 13.2. The SMILES string of the molecule is Cc1cc(Oc2nccn3nccc23)ccc1-c1c(C)ncc2nccn12. The Morgan fingerprint density at radius 3 is 2.70 bits per heavy atom. The van der Waals surface area contributed by atoms with Crippen molar-refractivity contribution in [2.45, 2.75) is 13.8 Å². The molecular weight excluding hydrogens is 340 g/mol. The van der Waals surface area contributed by atoms with Gasteiger partial charge in [-0.15, -0.1) is 0 Å².